The highest BCUT2D eigenvalue weighted by Gasteiger charge is 2.34. The van der Waals surface area contributed by atoms with Crippen LogP contribution in [0, 0.1) is 0 Å². The number of rotatable bonds is 4. The molecule has 0 bridgehead atoms. The van der Waals surface area contributed by atoms with Crippen LogP contribution in [-0.2, 0) is 22.5 Å². The molecule has 2 aliphatic rings. The van der Waals surface area contributed by atoms with Gasteiger partial charge in [-0.25, -0.2) is 4.79 Å². The molecule has 2 atom stereocenters. The molecule has 2 unspecified atom stereocenters. The van der Waals surface area contributed by atoms with Crippen LogP contribution in [0.2, 0.25) is 0 Å². The van der Waals surface area contributed by atoms with Crippen molar-refractivity contribution in [3.63, 3.8) is 0 Å². The smallest absolute Gasteiger partial charge is 0.337 e. The van der Waals surface area contributed by atoms with E-state index < -0.39 is 0 Å². The summed E-state index contributed by atoms with van der Waals surface area (Å²) in [6.07, 6.45) is 0.969. The quantitative estimate of drug-likeness (QED) is 0.702. The molecule has 4 rings (SSSR count). The maximum absolute atomic E-state index is 13.2. The topological polar surface area (TPSA) is 53.1 Å². The maximum atomic E-state index is 13.2. The fourth-order valence-corrected chi connectivity index (χ4v) is 5.44. The SMILES string of the molecule is COC(=O)c1ccc(N2CCN(C(C)C(=O)N3CCc4sccc4C3)C(C)C2)cc1. The van der Waals surface area contributed by atoms with Crippen LogP contribution < -0.4 is 4.90 Å². The van der Waals surface area contributed by atoms with Crippen molar-refractivity contribution in [2.45, 2.75) is 38.9 Å². The van der Waals surface area contributed by atoms with Crippen molar-refractivity contribution in [3.8, 4) is 0 Å². The van der Waals surface area contributed by atoms with Gasteiger partial charge in [0.2, 0.25) is 5.91 Å². The van der Waals surface area contributed by atoms with Crippen LogP contribution in [-0.4, -0.2) is 67.0 Å². The Morgan fingerprint density at radius 1 is 1.13 bits per heavy atom. The number of anilines is 1. The third kappa shape index (κ3) is 4.09. The molecule has 2 aromatic rings. The van der Waals surface area contributed by atoms with E-state index in [-0.39, 0.29) is 24.0 Å². The van der Waals surface area contributed by atoms with E-state index in [1.54, 1.807) is 23.5 Å². The monoisotopic (exact) mass is 427 g/mol. The van der Waals surface area contributed by atoms with Gasteiger partial charge in [0.05, 0.1) is 18.7 Å². The first-order valence-electron chi connectivity index (χ1n) is 10.5. The van der Waals surface area contributed by atoms with E-state index >= 15 is 0 Å². The van der Waals surface area contributed by atoms with E-state index in [4.69, 9.17) is 4.74 Å². The van der Waals surface area contributed by atoms with Gasteiger partial charge >= 0.3 is 5.97 Å². The van der Waals surface area contributed by atoms with E-state index in [1.165, 1.54) is 17.6 Å². The first-order valence-corrected chi connectivity index (χ1v) is 11.4. The van der Waals surface area contributed by atoms with Gasteiger partial charge in [-0.05, 0) is 61.5 Å². The molecule has 1 aromatic carbocycles. The average Bonchev–Trinajstić information content (AvgIpc) is 3.25. The molecule has 1 saturated heterocycles. The number of methoxy groups -OCH3 is 1. The number of benzene rings is 1. The zero-order chi connectivity index (χ0) is 21.3. The number of ether oxygens (including phenoxy) is 1. The van der Waals surface area contributed by atoms with Gasteiger partial charge in [-0.15, -0.1) is 11.3 Å². The Hall–Kier alpha value is -2.38. The van der Waals surface area contributed by atoms with Gasteiger partial charge in [0.15, 0.2) is 0 Å². The molecule has 3 heterocycles. The summed E-state index contributed by atoms with van der Waals surface area (Å²) in [5, 5.41) is 2.13. The normalized spacial score (nSPS) is 20.6. The summed E-state index contributed by atoms with van der Waals surface area (Å²) in [6.45, 7) is 8.33. The summed E-state index contributed by atoms with van der Waals surface area (Å²) in [5.41, 5.74) is 2.96. The third-order valence-electron chi connectivity index (χ3n) is 6.31. The fraction of sp³-hybridized carbons (Fsp3) is 0.478. The Kier molecular flexibility index (Phi) is 6.11. The lowest BCUT2D eigenvalue weighted by Crippen LogP contribution is -2.59. The molecule has 1 aromatic heterocycles. The van der Waals surface area contributed by atoms with E-state index in [9.17, 15) is 9.59 Å². The molecule has 0 N–H and O–H groups in total. The fourth-order valence-electron chi connectivity index (χ4n) is 4.55. The second-order valence-corrected chi connectivity index (χ2v) is 9.13. The number of hydrogen-bond acceptors (Lipinski definition) is 6. The molecule has 160 valence electrons. The van der Waals surface area contributed by atoms with E-state index in [0.29, 0.717) is 5.56 Å². The Balaban J connectivity index is 1.37. The van der Waals surface area contributed by atoms with Gasteiger partial charge in [-0.1, -0.05) is 0 Å². The Morgan fingerprint density at radius 3 is 2.60 bits per heavy atom. The van der Waals surface area contributed by atoms with Gasteiger partial charge in [0.25, 0.3) is 0 Å². The molecule has 0 spiro atoms. The van der Waals surface area contributed by atoms with Crippen molar-refractivity contribution in [2.24, 2.45) is 0 Å². The number of carbonyl (C=O) groups is 2. The summed E-state index contributed by atoms with van der Waals surface area (Å²) in [6, 6.07) is 9.84. The Bertz CT molecular complexity index is 911. The molecule has 2 aliphatic heterocycles. The van der Waals surface area contributed by atoms with Crippen LogP contribution in [0.4, 0.5) is 5.69 Å². The van der Waals surface area contributed by atoms with Crippen molar-refractivity contribution in [3.05, 3.63) is 51.7 Å². The zero-order valence-corrected chi connectivity index (χ0v) is 18.7. The third-order valence-corrected chi connectivity index (χ3v) is 7.33. The number of hydrogen-bond donors (Lipinski definition) is 0. The molecule has 1 fully saturated rings. The summed E-state index contributed by atoms with van der Waals surface area (Å²) in [7, 11) is 1.39. The summed E-state index contributed by atoms with van der Waals surface area (Å²) >= 11 is 1.80. The molecule has 0 saturated carbocycles. The van der Waals surface area contributed by atoms with Gasteiger partial charge in [-0.3, -0.25) is 9.69 Å². The zero-order valence-electron chi connectivity index (χ0n) is 17.8. The minimum absolute atomic E-state index is 0.121. The summed E-state index contributed by atoms with van der Waals surface area (Å²) in [5.74, 6) is -0.0889. The molecule has 0 radical (unpaired) electrons. The highest BCUT2D eigenvalue weighted by Crippen LogP contribution is 2.26. The number of fused-ring (bicyclic) bond motifs is 1. The standard InChI is InChI=1S/C23H29N3O3S/c1-16-14-24(20-6-4-18(5-7-20)23(28)29-3)11-12-26(16)17(2)22(27)25-10-8-21-19(15-25)9-13-30-21/h4-7,9,13,16-17H,8,10-12,14-15H2,1-3H3. The van der Waals surface area contributed by atoms with E-state index in [0.717, 1.165) is 44.8 Å². The minimum atomic E-state index is -0.320. The molecule has 7 heteroatoms. The van der Waals surface area contributed by atoms with Crippen molar-refractivity contribution < 1.29 is 14.3 Å². The Labute approximate surface area is 182 Å². The molecular weight excluding hydrogens is 398 g/mol. The van der Waals surface area contributed by atoms with Crippen molar-refractivity contribution in [1.29, 1.82) is 0 Å². The van der Waals surface area contributed by atoms with Gasteiger partial charge in [0.1, 0.15) is 0 Å². The first kappa shape index (κ1) is 20.9. The molecular formula is C23H29N3O3S. The number of carbonyl (C=O) groups excluding carboxylic acids is 2. The van der Waals surface area contributed by atoms with Crippen molar-refractivity contribution in [1.82, 2.24) is 9.80 Å². The van der Waals surface area contributed by atoms with Crippen LogP contribution >= 0.6 is 11.3 Å². The first-order chi connectivity index (χ1) is 14.5. The van der Waals surface area contributed by atoms with Crippen LogP contribution in [0.25, 0.3) is 0 Å². The lowest BCUT2D eigenvalue weighted by molar-refractivity contribution is -0.138. The largest absolute Gasteiger partial charge is 0.465 e. The Morgan fingerprint density at radius 2 is 1.90 bits per heavy atom. The number of piperazine rings is 1. The maximum Gasteiger partial charge on any atom is 0.337 e. The van der Waals surface area contributed by atoms with Crippen molar-refractivity contribution >= 4 is 28.9 Å². The summed E-state index contributed by atoms with van der Waals surface area (Å²) < 4.78 is 4.77. The molecule has 30 heavy (non-hydrogen) atoms. The van der Waals surface area contributed by atoms with Gasteiger partial charge < -0.3 is 14.5 Å². The number of esters is 1. The van der Waals surface area contributed by atoms with Crippen LogP contribution in [0.5, 0.6) is 0 Å². The minimum Gasteiger partial charge on any atom is -0.465 e. The predicted octanol–water partition coefficient (Wildman–Crippen LogP) is 3.02. The lowest BCUT2D eigenvalue weighted by Gasteiger charge is -2.44. The number of thiophene rings is 1. The van der Waals surface area contributed by atoms with Crippen LogP contribution in [0.1, 0.15) is 34.6 Å². The van der Waals surface area contributed by atoms with Crippen molar-refractivity contribution in [2.75, 3.05) is 38.2 Å². The highest BCUT2D eigenvalue weighted by atomic mass is 32.1. The van der Waals surface area contributed by atoms with Gasteiger partial charge in [0, 0.05) is 49.3 Å². The number of nitrogens with zero attached hydrogens (tertiary/aromatic N) is 3. The van der Waals surface area contributed by atoms with Crippen LogP contribution in [0.3, 0.4) is 0 Å². The molecule has 6 nitrogen and oxygen atoms in total. The van der Waals surface area contributed by atoms with E-state index in [1.807, 2.05) is 24.0 Å². The lowest BCUT2D eigenvalue weighted by atomic mass is 10.1. The summed E-state index contributed by atoms with van der Waals surface area (Å²) in [4.78, 5) is 32.9. The second kappa shape index (κ2) is 8.78. The second-order valence-electron chi connectivity index (χ2n) is 8.13. The predicted molar refractivity (Wildman–Crippen MR) is 119 cm³/mol. The van der Waals surface area contributed by atoms with Gasteiger partial charge in [-0.2, -0.15) is 0 Å². The number of amides is 1. The van der Waals surface area contributed by atoms with E-state index in [2.05, 4.69) is 28.2 Å². The van der Waals surface area contributed by atoms with Crippen LogP contribution in [0.15, 0.2) is 35.7 Å². The average molecular weight is 428 g/mol. The highest BCUT2D eigenvalue weighted by molar-refractivity contribution is 7.10. The molecule has 1 amide bonds. The molecule has 0 aliphatic carbocycles.